The van der Waals surface area contributed by atoms with Gasteiger partial charge in [0, 0.05) is 42.7 Å². The average molecular weight is 560 g/mol. The summed E-state index contributed by atoms with van der Waals surface area (Å²) in [6.07, 6.45) is 5.08. The Morgan fingerprint density at radius 2 is 2.05 bits per heavy atom. The first-order valence-corrected chi connectivity index (χ1v) is 13.7. The standard InChI is InChI=1S/C31H34FN5O4/c1-18-9-11-20(37(18)30(39)41-31(2,3)4)12-10-19-17-33-15-13-21(19)26-27(25-23(35-26)14-16-34-29(25)38)36-24-8-6-7-22(32)28(24)40-5/h6-8,13,15,17-18,20,35-36H,9,11,14,16H2,1-5H3,(H,34,38)/t18-,20-/m0/s1. The number of H-pyrrole nitrogens is 1. The zero-order chi connectivity index (χ0) is 29.3. The van der Waals surface area contributed by atoms with Crippen molar-refractivity contribution in [3.05, 3.63) is 59.3 Å². The van der Waals surface area contributed by atoms with Gasteiger partial charge in [-0.05, 0) is 58.7 Å². The normalized spacial score (nSPS) is 18.2. The summed E-state index contributed by atoms with van der Waals surface area (Å²) in [5, 5.41) is 6.14. The molecule has 0 saturated carbocycles. The number of rotatable bonds is 4. The lowest BCUT2D eigenvalue weighted by Crippen LogP contribution is -2.42. The number of amides is 2. The van der Waals surface area contributed by atoms with Crippen molar-refractivity contribution >= 4 is 23.4 Å². The van der Waals surface area contributed by atoms with Crippen LogP contribution in [-0.4, -0.2) is 58.2 Å². The lowest BCUT2D eigenvalue weighted by atomic mass is 10.0. The van der Waals surface area contributed by atoms with Crippen molar-refractivity contribution in [2.75, 3.05) is 19.0 Å². The number of fused-ring (bicyclic) bond motifs is 1. The maximum absolute atomic E-state index is 14.5. The molecular weight excluding hydrogens is 525 g/mol. The van der Waals surface area contributed by atoms with Crippen LogP contribution in [0.2, 0.25) is 0 Å². The molecule has 0 bridgehead atoms. The first-order valence-electron chi connectivity index (χ1n) is 13.7. The fourth-order valence-corrected chi connectivity index (χ4v) is 5.28. The maximum atomic E-state index is 14.5. The molecule has 0 unspecified atom stereocenters. The summed E-state index contributed by atoms with van der Waals surface area (Å²) in [6, 6.07) is 6.07. The third-order valence-corrected chi connectivity index (χ3v) is 7.13. The van der Waals surface area contributed by atoms with Crippen LogP contribution in [0.15, 0.2) is 36.7 Å². The molecule has 0 radical (unpaired) electrons. The molecule has 4 heterocycles. The third kappa shape index (κ3) is 5.71. The van der Waals surface area contributed by atoms with Gasteiger partial charge < -0.3 is 25.1 Å². The van der Waals surface area contributed by atoms with E-state index in [1.807, 2.05) is 33.8 Å². The highest BCUT2D eigenvalue weighted by atomic mass is 19.1. The van der Waals surface area contributed by atoms with Crippen molar-refractivity contribution in [1.29, 1.82) is 0 Å². The SMILES string of the molecule is COc1c(F)cccc1Nc1c(-c2ccncc2C#C[C@@H]2CC[C@H](C)N2C(=O)OC(C)(C)C)[nH]c2c1C(=O)NCC2. The maximum Gasteiger partial charge on any atom is 0.411 e. The Bertz CT molecular complexity index is 1550. The summed E-state index contributed by atoms with van der Waals surface area (Å²) < 4.78 is 25.5. The predicted molar refractivity (Wildman–Crippen MR) is 154 cm³/mol. The van der Waals surface area contributed by atoms with Gasteiger partial charge >= 0.3 is 6.09 Å². The summed E-state index contributed by atoms with van der Waals surface area (Å²) in [4.78, 5) is 35.4. The van der Waals surface area contributed by atoms with E-state index in [0.717, 1.165) is 18.5 Å². The van der Waals surface area contributed by atoms with Gasteiger partial charge in [-0.2, -0.15) is 0 Å². The molecule has 2 atom stereocenters. The van der Waals surface area contributed by atoms with Crippen LogP contribution >= 0.6 is 0 Å². The Labute approximate surface area is 238 Å². The summed E-state index contributed by atoms with van der Waals surface area (Å²) in [5.41, 5.74) is 3.41. The Hall–Kier alpha value is -4.52. The molecule has 9 nitrogen and oxygen atoms in total. The van der Waals surface area contributed by atoms with E-state index in [9.17, 15) is 14.0 Å². The fraction of sp³-hybridized carbons (Fsp3) is 0.387. The van der Waals surface area contributed by atoms with Crippen LogP contribution in [-0.2, 0) is 11.2 Å². The molecule has 1 fully saturated rings. The number of halogens is 1. The zero-order valence-corrected chi connectivity index (χ0v) is 23.9. The monoisotopic (exact) mass is 559 g/mol. The van der Waals surface area contributed by atoms with Gasteiger partial charge in [-0.3, -0.25) is 14.7 Å². The highest BCUT2D eigenvalue weighted by Gasteiger charge is 2.36. The minimum atomic E-state index is -0.610. The Morgan fingerprint density at radius 1 is 1.24 bits per heavy atom. The lowest BCUT2D eigenvalue weighted by Gasteiger charge is -2.29. The molecule has 0 aliphatic carbocycles. The summed E-state index contributed by atoms with van der Waals surface area (Å²) in [7, 11) is 1.39. The van der Waals surface area contributed by atoms with E-state index >= 15 is 0 Å². The van der Waals surface area contributed by atoms with E-state index in [4.69, 9.17) is 9.47 Å². The van der Waals surface area contributed by atoms with Crippen molar-refractivity contribution in [2.24, 2.45) is 0 Å². The van der Waals surface area contributed by atoms with Gasteiger partial charge in [-0.25, -0.2) is 9.18 Å². The van der Waals surface area contributed by atoms with Gasteiger partial charge in [0.05, 0.1) is 41.3 Å². The number of nitrogens with one attached hydrogen (secondary N) is 3. The first-order chi connectivity index (χ1) is 19.6. The number of carbonyl (C=O) groups excluding carboxylic acids is 2. The van der Waals surface area contributed by atoms with Crippen LogP contribution in [0, 0.1) is 17.7 Å². The Kier molecular flexibility index (Phi) is 7.63. The van der Waals surface area contributed by atoms with Gasteiger partial charge in [0.25, 0.3) is 5.91 Å². The van der Waals surface area contributed by atoms with E-state index in [0.29, 0.717) is 46.7 Å². The van der Waals surface area contributed by atoms with E-state index in [2.05, 4.69) is 32.4 Å². The van der Waals surface area contributed by atoms with Gasteiger partial charge in [-0.1, -0.05) is 17.9 Å². The Morgan fingerprint density at radius 3 is 2.80 bits per heavy atom. The summed E-state index contributed by atoms with van der Waals surface area (Å²) >= 11 is 0. The van der Waals surface area contributed by atoms with Crippen molar-refractivity contribution in [3.8, 4) is 28.8 Å². The molecule has 1 saturated heterocycles. The predicted octanol–water partition coefficient (Wildman–Crippen LogP) is 5.39. The number of anilines is 2. The highest BCUT2D eigenvalue weighted by Crippen LogP contribution is 2.40. The van der Waals surface area contributed by atoms with Gasteiger partial charge in [0.1, 0.15) is 5.60 Å². The van der Waals surface area contributed by atoms with Gasteiger partial charge in [-0.15, -0.1) is 0 Å². The number of hydrogen-bond donors (Lipinski definition) is 3. The van der Waals surface area contributed by atoms with Crippen LogP contribution in [0.3, 0.4) is 0 Å². The van der Waals surface area contributed by atoms with E-state index in [1.165, 1.54) is 13.2 Å². The molecule has 3 N–H and O–H groups in total. The lowest BCUT2D eigenvalue weighted by molar-refractivity contribution is 0.0200. The number of pyridine rings is 1. The van der Waals surface area contributed by atoms with Crippen LogP contribution in [0.4, 0.5) is 20.6 Å². The number of nitrogens with zero attached hydrogens (tertiary/aromatic N) is 2. The van der Waals surface area contributed by atoms with Crippen molar-refractivity contribution < 1.29 is 23.5 Å². The second-order valence-corrected chi connectivity index (χ2v) is 11.2. The molecule has 2 aliphatic heterocycles. The molecule has 2 aliphatic rings. The van der Waals surface area contributed by atoms with Crippen LogP contribution in [0.1, 0.15) is 62.2 Å². The van der Waals surface area contributed by atoms with Crippen LogP contribution in [0.25, 0.3) is 11.3 Å². The Balaban J connectivity index is 1.56. The molecule has 0 spiro atoms. The third-order valence-electron chi connectivity index (χ3n) is 7.13. The quantitative estimate of drug-likeness (QED) is 0.370. The summed E-state index contributed by atoms with van der Waals surface area (Å²) in [6.45, 7) is 8.02. The number of carbonyl (C=O) groups is 2. The van der Waals surface area contributed by atoms with Gasteiger partial charge in [0.2, 0.25) is 0 Å². The largest absolute Gasteiger partial charge is 0.492 e. The molecule has 41 heavy (non-hydrogen) atoms. The van der Waals surface area contributed by atoms with Crippen molar-refractivity contribution in [3.63, 3.8) is 0 Å². The molecular formula is C31H34FN5O4. The molecule has 214 valence electrons. The van der Waals surface area contributed by atoms with E-state index in [-0.39, 0.29) is 29.8 Å². The van der Waals surface area contributed by atoms with Crippen molar-refractivity contribution in [2.45, 2.75) is 64.6 Å². The van der Waals surface area contributed by atoms with Crippen LogP contribution < -0.4 is 15.4 Å². The number of aromatic nitrogens is 2. The number of hydrogen-bond acceptors (Lipinski definition) is 6. The number of benzene rings is 1. The number of aromatic amines is 1. The molecule has 5 rings (SSSR count). The second-order valence-electron chi connectivity index (χ2n) is 11.2. The topological polar surface area (TPSA) is 109 Å². The minimum absolute atomic E-state index is 0.00298. The zero-order valence-electron chi connectivity index (χ0n) is 23.9. The second kappa shape index (κ2) is 11.2. The number of likely N-dealkylation sites (tertiary alicyclic amines) is 1. The number of para-hydroxylation sites is 1. The average Bonchev–Trinajstić information content (AvgIpc) is 3.47. The molecule has 1 aromatic carbocycles. The molecule has 10 heteroatoms. The van der Waals surface area contributed by atoms with Crippen molar-refractivity contribution in [1.82, 2.24) is 20.2 Å². The first kappa shape index (κ1) is 28.0. The van der Waals surface area contributed by atoms with Crippen LogP contribution in [0.5, 0.6) is 5.75 Å². The molecule has 3 aromatic rings. The van der Waals surface area contributed by atoms with E-state index < -0.39 is 11.4 Å². The van der Waals surface area contributed by atoms with E-state index in [1.54, 1.807) is 29.4 Å². The molecule has 2 amide bonds. The molecule has 2 aromatic heterocycles. The minimum Gasteiger partial charge on any atom is -0.492 e. The smallest absolute Gasteiger partial charge is 0.411 e. The number of methoxy groups -OCH3 is 1. The fourth-order valence-electron chi connectivity index (χ4n) is 5.28. The summed E-state index contributed by atoms with van der Waals surface area (Å²) in [5.74, 6) is 5.79. The highest BCUT2D eigenvalue weighted by molar-refractivity contribution is 6.06. The van der Waals surface area contributed by atoms with Gasteiger partial charge in [0.15, 0.2) is 11.6 Å². The number of ether oxygens (including phenoxy) is 2.